The van der Waals surface area contributed by atoms with Crippen molar-refractivity contribution in [1.29, 1.82) is 0 Å². The number of hydrogen-bond donors (Lipinski definition) is 0. The Balaban J connectivity index is 2.76. The van der Waals surface area contributed by atoms with Gasteiger partial charge in [-0.25, -0.2) is 4.98 Å². The highest BCUT2D eigenvalue weighted by atomic mass is 28.4. The molecular weight excluding hydrogens is 518 g/mol. The molecule has 0 bridgehead atoms. The van der Waals surface area contributed by atoms with E-state index in [1.54, 1.807) is 0 Å². The molecule has 0 aliphatic carbocycles. The third-order valence-corrected chi connectivity index (χ3v) is 12.0. The molecule has 0 aromatic carbocycles. The number of hydrogen-bond acceptors (Lipinski definition) is 9. The molecule has 0 fully saturated rings. The summed E-state index contributed by atoms with van der Waals surface area (Å²) in [7, 11) is -5.27. The molecule has 0 spiro atoms. The van der Waals surface area contributed by atoms with Crippen molar-refractivity contribution in [2.24, 2.45) is 9.98 Å². The number of pyridine rings is 1. The highest BCUT2D eigenvalue weighted by Gasteiger charge is 2.40. The maximum Gasteiger partial charge on any atom is 0.500 e. The van der Waals surface area contributed by atoms with E-state index >= 15 is 0 Å². The molecule has 11 heteroatoms. The van der Waals surface area contributed by atoms with Crippen LogP contribution in [0.3, 0.4) is 0 Å². The fourth-order valence-corrected chi connectivity index (χ4v) is 9.27. The molecule has 0 aliphatic rings. The molecule has 0 amide bonds. The van der Waals surface area contributed by atoms with Crippen molar-refractivity contribution in [3.63, 3.8) is 0 Å². The van der Waals surface area contributed by atoms with E-state index in [0.29, 0.717) is 52.7 Å². The Morgan fingerprint density at radius 3 is 1.21 bits per heavy atom. The topological polar surface area (TPSA) is 93.0 Å². The molecule has 0 N–H and O–H groups in total. The first kappa shape index (κ1) is 34.7. The molecule has 1 aromatic heterocycles. The summed E-state index contributed by atoms with van der Waals surface area (Å²) in [6.07, 6.45) is 1.67. The van der Waals surface area contributed by atoms with Crippen molar-refractivity contribution < 1.29 is 26.6 Å². The molecule has 0 unspecified atom stereocenters. The number of rotatable bonds is 22. The van der Waals surface area contributed by atoms with Gasteiger partial charge < -0.3 is 26.6 Å². The Morgan fingerprint density at radius 1 is 0.605 bits per heavy atom. The van der Waals surface area contributed by atoms with E-state index in [0.717, 1.165) is 47.7 Å². The standard InChI is InChI=1S/C27H51N3O6Si2/c1-9-31-37(32-10-2,33-11-3)22-16-20-28-24(7)26-18-15-19-27(30-26)25(8)29-21-17-23-38(34-12-4,35-13-5)36-14-6/h15,18-19H,9-14,16-17,20-23H2,1-8H3. The molecule has 218 valence electrons. The molecule has 1 heterocycles. The number of nitrogens with zero attached hydrogens (tertiary/aromatic N) is 3. The van der Waals surface area contributed by atoms with Gasteiger partial charge in [-0.15, -0.1) is 0 Å². The molecule has 0 atom stereocenters. The zero-order chi connectivity index (χ0) is 28.3. The highest BCUT2D eigenvalue weighted by molar-refractivity contribution is 6.61. The fraction of sp³-hybridized carbons (Fsp3) is 0.741. The third-order valence-electron chi connectivity index (χ3n) is 5.66. The van der Waals surface area contributed by atoms with Crippen molar-refractivity contribution in [3.05, 3.63) is 29.6 Å². The first-order chi connectivity index (χ1) is 18.3. The number of aromatic nitrogens is 1. The molecule has 1 rings (SSSR count). The first-order valence-electron chi connectivity index (χ1n) is 14.2. The molecule has 0 radical (unpaired) electrons. The van der Waals surface area contributed by atoms with Gasteiger partial charge in [0.05, 0.1) is 22.8 Å². The van der Waals surface area contributed by atoms with Crippen LogP contribution in [-0.2, 0) is 26.6 Å². The predicted molar refractivity (Wildman–Crippen MR) is 159 cm³/mol. The molecule has 38 heavy (non-hydrogen) atoms. The summed E-state index contributed by atoms with van der Waals surface area (Å²) in [4.78, 5) is 14.3. The van der Waals surface area contributed by atoms with Crippen LogP contribution >= 0.6 is 0 Å². The minimum atomic E-state index is -2.63. The summed E-state index contributed by atoms with van der Waals surface area (Å²) >= 11 is 0. The van der Waals surface area contributed by atoms with E-state index in [-0.39, 0.29) is 0 Å². The normalized spacial score (nSPS) is 13.4. The van der Waals surface area contributed by atoms with Gasteiger partial charge in [0.1, 0.15) is 0 Å². The van der Waals surface area contributed by atoms with Gasteiger partial charge in [0, 0.05) is 64.8 Å². The van der Waals surface area contributed by atoms with Gasteiger partial charge >= 0.3 is 17.6 Å². The summed E-state index contributed by atoms with van der Waals surface area (Å²) in [6, 6.07) is 7.48. The van der Waals surface area contributed by atoms with Crippen LogP contribution < -0.4 is 0 Å². The molecule has 1 aromatic rings. The Bertz CT molecular complexity index is 743. The summed E-state index contributed by atoms with van der Waals surface area (Å²) < 4.78 is 35.6. The Labute approximate surface area is 233 Å². The van der Waals surface area contributed by atoms with Crippen LogP contribution in [0.4, 0.5) is 0 Å². The maximum absolute atomic E-state index is 5.94. The van der Waals surface area contributed by atoms with Crippen molar-refractivity contribution in [1.82, 2.24) is 4.98 Å². The SMILES string of the molecule is CCO[Si](CCCN=C(C)c1cccc(C(C)=NCCC[Si](OCC)(OCC)OCC)n1)(OCC)OCC. The lowest BCUT2D eigenvalue weighted by atomic mass is 10.2. The molecular formula is C27H51N3O6Si2. The summed E-state index contributed by atoms with van der Waals surface area (Å²) in [6.45, 7) is 20.7. The van der Waals surface area contributed by atoms with Gasteiger partial charge in [0.25, 0.3) is 0 Å². The third kappa shape index (κ3) is 12.2. The lowest BCUT2D eigenvalue weighted by Gasteiger charge is -2.28. The molecule has 0 saturated heterocycles. The average molecular weight is 570 g/mol. The molecule has 0 aliphatic heterocycles. The molecule has 0 saturated carbocycles. The highest BCUT2D eigenvalue weighted by Crippen LogP contribution is 2.19. The Morgan fingerprint density at radius 2 is 0.921 bits per heavy atom. The quantitative estimate of drug-likeness (QED) is 0.102. The Hall–Kier alpha value is -1.32. The van der Waals surface area contributed by atoms with Crippen molar-refractivity contribution in [2.75, 3.05) is 52.7 Å². The molecule has 9 nitrogen and oxygen atoms in total. The smallest absolute Gasteiger partial charge is 0.374 e. The largest absolute Gasteiger partial charge is 0.500 e. The summed E-state index contributed by atoms with van der Waals surface area (Å²) in [5.74, 6) is 0. The van der Waals surface area contributed by atoms with E-state index in [2.05, 4.69) is 0 Å². The zero-order valence-corrected chi connectivity index (χ0v) is 27.0. The van der Waals surface area contributed by atoms with E-state index in [1.165, 1.54) is 0 Å². The summed E-state index contributed by atoms with van der Waals surface area (Å²) in [5.41, 5.74) is 3.51. The Kier molecular flexibility index (Phi) is 18.0. The van der Waals surface area contributed by atoms with Crippen LogP contribution in [0.5, 0.6) is 0 Å². The maximum atomic E-state index is 5.94. The second kappa shape index (κ2) is 19.7. The van der Waals surface area contributed by atoms with E-state index < -0.39 is 17.6 Å². The lowest BCUT2D eigenvalue weighted by molar-refractivity contribution is 0.0702. The van der Waals surface area contributed by atoms with E-state index in [1.807, 2.05) is 73.6 Å². The lowest BCUT2D eigenvalue weighted by Crippen LogP contribution is -2.46. The van der Waals surface area contributed by atoms with Crippen molar-refractivity contribution in [3.8, 4) is 0 Å². The minimum Gasteiger partial charge on any atom is -0.374 e. The zero-order valence-electron chi connectivity index (χ0n) is 25.0. The second-order valence-corrected chi connectivity index (χ2v) is 14.0. The van der Waals surface area contributed by atoms with E-state index in [4.69, 9.17) is 41.5 Å². The van der Waals surface area contributed by atoms with Gasteiger partial charge in [-0.1, -0.05) is 6.07 Å². The van der Waals surface area contributed by atoms with Crippen molar-refractivity contribution in [2.45, 2.75) is 80.3 Å². The monoisotopic (exact) mass is 569 g/mol. The average Bonchev–Trinajstić information content (AvgIpc) is 2.90. The number of aliphatic imine (C=N–C) groups is 2. The van der Waals surface area contributed by atoms with E-state index in [9.17, 15) is 0 Å². The van der Waals surface area contributed by atoms with Gasteiger partial charge in [-0.3, -0.25) is 9.98 Å². The fourth-order valence-electron chi connectivity index (χ4n) is 4.09. The van der Waals surface area contributed by atoms with Crippen LogP contribution in [0.15, 0.2) is 28.2 Å². The van der Waals surface area contributed by atoms with Crippen LogP contribution in [-0.4, -0.2) is 86.7 Å². The van der Waals surface area contributed by atoms with Gasteiger partial charge in [0.2, 0.25) is 0 Å². The predicted octanol–water partition coefficient (Wildman–Crippen LogP) is 5.58. The van der Waals surface area contributed by atoms with Crippen LogP contribution in [0.25, 0.3) is 0 Å². The first-order valence-corrected chi connectivity index (χ1v) is 18.0. The minimum absolute atomic E-state index is 0.584. The van der Waals surface area contributed by atoms with Crippen LogP contribution in [0, 0.1) is 0 Å². The van der Waals surface area contributed by atoms with Gasteiger partial charge in [-0.2, -0.15) is 0 Å². The van der Waals surface area contributed by atoms with Crippen LogP contribution in [0.1, 0.15) is 79.6 Å². The van der Waals surface area contributed by atoms with Gasteiger partial charge in [0.15, 0.2) is 0 Å². The van der Waals surface area contributed by atoms with Crippen LogP contribution in [0.2, 0.25) is 12.1 Å². The van der Waals surface area contributed by atoms with Gasteiger partial charge in [-0.05, 0) is 80.4 Å². The second-order valence-electron chi connectivity index (χ2n) is 8.51. The summed E-state index contributed by atoms with van der Waals surface area (Å²) in [5, 5.41) is 0. The van der Waals surface area contributed by atoms with Crippen molar-refractivity contribution >= 4 is 29.0 Å².